The summed E-state index contributed by atoms with van der Waals surface area (Å²) >= 11 is 0. The number of nitrogens with zero attached hydrogens (tertiary/aromatic N) is 1. The van der Waals surface area contributed by atoms with Gasteiger partial charge in [0.25, 0.3) is 0 Å². The summed E-state index contributed by atoms with van der Waals surface area (Å²) in [5.41, 5.74) is 0.925. The lowest BCUT2D eigenvalue weighted by Crippen LogP contribution is -2.18. The molecule has 0 N–H and O–H groups in total. The molecule has 7 heteroatoms. The zero-order valence-corrected chi connectivity index (χ0v) is 13.1. The molecule has 0 fully saturated rings. The molecule has 2 rings (SSSR count). The van der Waals surface area contributed by atoms with E-state index in [0.29, 0.717) is 5.75 Å². The van der Waals surface area contributed by atoms with E-state index in [1.165, 1.54) is 18.2 Å². The van der Waals surface area contributed by atoms with Crippen molar-refractivity contribution in [3.8, 4) is 11.5 Å². The van der Waals surface area contributed by atoms with Gasteiger partial charge in [-0.15, -0.1) is 0 Å². The summed E-state index contributed by atoms with van der Waals surface area (Å²) in [6, 6.07) is 13.3. The van der Waals surface area contributed by atoms with Gasteiger partial charge >= 0.3 is 11.7 Å². The number of esters is 1. The third-order valence-electron chi connectivity index (χ3n) is 3.04. The number of carbonyl (C=O) groups is 1. The lowest BCUT2D eigenvalue weighted by Gasteiger charge is -2.08. The van der Waals surface area contributed by atoms with Crippen molar-refractivity contribution in [2.45, 2.75) is 6.92 Å². The molecule has 0 saturated carbocycles. The predicted molar refractivity (Wildman–Crippen MR) is 86.2 cm³/mol. The number of hydrogen-bond donors (Lipinski definition) is 0. The molecule has 0 aliphatic carbocycles. The van der Waals surface area contributed by atoms with E-state index in [-0.39, 0.29) is 24.7 Å². The molecule has 0 unspecified atom stereocenters. The van der Waals surface area contributed by atoms with Crippen LogP contribution in [0.1, 0.15) is 5.56 Å². The van der Waals surface area contributed by atoms with Gasteiger partial charge in [0.1, 0.15) is 19.0 Å². The average molecular weight is 331 g/mol. The maximum atomic E-state index is 11.6. The smallest absolute Gasteiger partial charge is 0.344 e. The lowest BCUT2D eigenvalue weighted by atomic mass is 10.2. The molecule has 0 spiro atoms. The minimum atomic E-state index is -0.624. The number of aryl methyl sites for hydroxylation is 1. The third kappa shape index (κ3) is 5.28. The number of hydrogen-bond acceptors (Lipinski definition) is 6. The number of rotatable bonds is 8. The Kier molecular flexibility index (Phi) is 6.13. The topological polar surface area (TPSA) is 87.9 Å². The second-order valence-corrected chi connectivity index (χ2v) is 4.90. The minimum Gasteiger partial charge on any atom is -0.490 e. The van der Waals surface area contributed by atoms with E-state index in [2.05, 4.69) is 0 Å². The molecule has 0 aliphatic rings. The van der Waals surface area contributed by atoms with Gasteiger partial charge in [-0.25, -0.2) is 4.79 Å². The van der Waals surface area contributed by atoms with E-state index in [4.69, 9.17) is 14.2 Å². The Labute approximate surface area is 138 Å². The highest BCUT2D eigenvalue weighted by molar-refractivity contribution is 5.71. The van der Waals surface area contributed by atoms with E-state index in [1.54, 1.807) is 6.07 Å². The molecular formula is C17H17NO6. The first kappa shape index (κ1) is 17.3. The second-order valence-electron chi connectivity index (χ2n) is 4.90. The highest BCUT2D eigenvalue weighted by Gasteiger charge is 2.15. The van der Waals surface area contributed by atoms with Gasteiger partial charge in [0.15, 0.2) is 12.4 Å². The zero-order valence-electron chi connectivity index (χ0n) is 13.1. The van der Waals surface area contributed by atoms with Gasteiger partial charge in [-0.3, -0.25) is 10.1 Å². The number of benzene rings is 2. The van der Waals surface area contributed by atoms with Crippen molar-refractivity contribution in [3.05, 3.63) is 64.2 Å². The fourth-order valence-electron chi connectivity index (χ4n) is 1.86. The van der Waals surface area contributed by atoms with Crippen LogP contribution in [0.3, 0.4) is 0 Å². The van der Waals surface area contributed by atoms with E-state index in [9.17, 15) is 14.9 Å². The van der Waals surface area contributed by atoms with Crippen molar-refractivity contribution >= 4 is 11.7 Å². The molecule has 7 nitrogen and oxygen atoms in total. The van der Waals surface area contributed by atoms with Gasteiger partial charge in [-0.1, -0.05) is 29.8 Å². The number of carbonyl (C=O) groups excluding carboxylic acids is 1. The largest absolute Gasteiger partial charge is 0.490 e. The summed E-state index contributed by atoms with van der Waals surface area (Å²) in [6.07, 6.45) is 0. The van der Waals surface area contributed by atoms with Crippen LogP contribution in [-0.4, -0.2) is 30.7 Å². The van der Waals surface area contributed by atoms with Crippen molar-refractivity contribution in [1.82, 2.24) is 0 Å². The molecule has 0 aromatic heterocycles. The summed E-state index contributed by atoms with van der Waals surface area (Å²) in [5.74, 6) is 0.0869. The number of nitro groups is 1. The molecule has 0 aliphatic heterocycles. The molecule has 0 radical (unpaired) electrons. The average Bonchev–Trinajstić information content (AvgIpc) is 2.58. The monoisotopic (exact) mass is 331 g/mol. The van der Waals surface area contributed by atoms with Crippen molar-refractivity contribution < 1.29 is 23.9 Å². The molecule has 2 aromatic rings. The Balaban J connectivity index is 1.70. The molecule has 0 amide bonds. The summed E-state index contributed by atoms with van der Waals surface area (Å²) in [7, 11) is 0. The first-order valence-corrected chi connectivity index (χ1v) is 7.27. The quantitative estimate of drug-likeness (QED) is 0.320. The predicted octanol–water partition coefficient (Wildman–Crippen LogP) is 2.90. The van der Waals surface area contributed by atoms with Crippen LogP contribution in [0.15, 0.2) is 48.5 Å². The van der Waals surface area contributed by atoms with Crippen LogP contribution >= 0.6 is 0 Å². The molecule has 126 valence electrons. The maximum absolute atomic E-state index is 11.6. The molecule has 0 saturated heterocycles. The van der Waals surface area contributed by atoms with Crippen LogP contribution in [0, 0.1) is 17.0 Å². The van der Waals surface area contributed by atoms with Crippen molar-refractivity contribution in [1.29, 1.82) is 0 Å². The normalized spacial score (nSPS) is 10.0. The van der Waals surface area contributed by atoms with Gasteiger partial charge in [-0.2, -0.15) is 0 Å². The number of nitro benzene ring substituents is 1. The zero-order chi connectivity index (χ0) is 17.4. The summed E-state index contributed by atoms with van der Waals surface area (Å²) < 4.78 is 15.5. The van der Waals surface area contributed by atoms with E-state index < -0.39 is 17.5 Å². The van der Waals surface area contributed by atoms with Gasteiger partial charge < -0.3 is 14.2 Å². The van der Waals surface area contributed by atoms with Crippen molar-refractivity contribution in [3.63, 3.8) is 0 Å². The summed E-state index contributed by atoms with van der Waals surface area (Å²) in [6.45, 7) is 1.84. The third-order valence-corrected chi connectivity index (χ3v) is 3.04. The molecule has 0 heterocycles. The van der Waals surface area contributed by atoms with Crippen LogP contribution in [-0.2, 0) is 9.53 Å². The highest BCUT2D eigenvalue weighted by Crippen LogP contribution is 2.25. The van der Waals surface area contributed by atoms with Gasteiger partial charge in [0, 0.05) is 6.07 Å². The van der Waals surface area contributed by atoms with E-state index >= 15 is 0 Å². The molecule has 0 atom stereocenters. The van der Waals surface area contributed by atoms with Crippen LogP contribution in [0.25, 0.3) is 0 Å². The first-order valence-electron chi connectivity index (χ1n) is 7.27. The Morgan fingerprint density at radius 3 is 2.46 bits per heavy atom. The Bertz CT molecular complexity index is 698. The van der Waals surface area contributed by atoms with E-state index in [1.807, 2.05) is 31.2 Å². The van der Waals surface area contributed by atoms with Crippen LogP contribution in [0.4, 0.5) is 5.69 Å². The van der Waals surface area contributed by atoms with Gasteiger partial charge in [0.05, 0.1) is 4.92 Å². The van der Waals surface area contributed by atoms with Crippen molar-refractivity contribution in [2.24, 2.45) is 0 Å². The van der Waals surface area contributed by atoms with Crippen LogP contribution in [0.2, 0.25) is 0 Å². The second kappa shape index (κ2) is 8.52. The van der Waals surface area contributed by atoms with Gasteiger partial charge in [-0.05, 0) is 25.1 Å². The van der Waals surface area contributed by atoms with Crippen molar-refractivity contribution in [2.75, 3.05) is 19.8 Å². The standard InChI is InChI=1S/C17H17NO6/c1-13-6-8-14(9-7-13)22-10-11-23-17(19)12-24-16-5-3-2-4-15(16)18(20)21/h2-9H,10-12H2,1H3. The maximum Gasteiger partial charge on any atom is 0.344 e. The fraction of sp³-hybridized carbons (Fsp3) is 0.235. The SMILES string of the molecule is Cc1ccc(OCCOC(=O)COc2ccccc2[N+](=O)[O-])cc1. The molecular weight excluding hydrogens is 314 g/mol. The van der Waals surface area contributed by atoms with Crippen LogP contribution < -0.4 is 9.47 Å². The Morgan fingerprint density at radius 1 is 1.04 bits per heavy atom. The Morgan fingerprint density at radius 2 is 1.75 bits per heavy atom. The highest BCUT2D eigenvalue weighted by atomic mass is 16.6. The summed E-state index contributed by atoms with van der Waals surface area (Å²) in [5, 5.41) is 10.8. The first-order chi connectivity index (χ1) is 11.6. The minimum absolute atomic E-state index is 0.0235. The molecule has 2 aromatic carbocycles. The lowest BCUT2D eigenvalue weighted by molar-refractivity contribution is -0.385. The fourth-order valence-corrected chi connectivity index (χ4v) is 1.86. The van der Waals surface area contributed by atoms with Crippen LogP contribution in [0.5, 0.6) is 11.5 Å². The molecule has 0 bridgehead atoms. The number of ether oxygens (including phenoxy) is 3. The van der Waals surface area contributed by atoms with E-state index in [0.717, 1.165) is 5.56 Å². The number of para-hydroxylation sites is 2. The molecule has 24 heavy (non-hydrogen) atoms. The summed E-state index contributed by atoms with van der Waals surface area (Å²) in [4.78, 5) is 21.8. The Hall–Kier alpha value is -3.09. The van der Waals surface area contributed by atoms with Gasteiger partial charge in [0.2, 0.25) is 0 Å².